The van der Waals surface area contributed by atoms with Crippen LogP contribution in [-0.2, 0) is 12.8 Å². The van der Waals surface area contributed by atoms with E-state index < -0.39 is 0 Å². The maximum absolute atomic E-state index is 5.65. The summed E-state index contributed by atoms with van der Waals surface area (Å²) in [7, 11) is 0. The normalized spacial score (nSPS) is 21.2. The number of aromatic nitrogens is 2. The van der Waals surface area contributed by atoms with Gasteiger partial charge in [0.1, 0.15) is 5.82 Å². The molecule has 0 aliphatic heterocycles. The fraction of sp³-hybridized carbons (Fsp3) is 0.600. The number of fused-ring (bicyclic) bond motifs is 1. The van der Waals surface area contributed by atoms with Crippen LogP contribution in [0.15, 0.2) is 6.20 Å². The molecule has 0 fully saturated rings. The van der Waals surface area contributed by atoms with Gasteiger partial charge in [-0.1, -0.05) is 0 Å². The van der Waals surface area contributed by atoms with Crippen molar-refractivity contribution in [3.8, 4) is 0 Å². The summed E-state index contributed by atoms with van der Waals surface area (Å²) in [6.45, 7) is 2.72. The summed E-state index contributed by atoms with van der Waals surface area (Å²) in [6, 6.07) is 0. The molecular weight excluding hydrogens is 162 g/mol. The Morgan fingerprint density at radius 2 is 2.46 bits per heavy atom. The van der Waals surface area contributed by atoms with E-state index in [1.54, 1.807) is 0 Å². The van der Waals surface area contributed by atoms with E-state index >= 15 is 0 Å². The highest BCUT2D eigenvalue weighted by Crippen LogP contribution is 2.22. The largest absolute Gasteiger partial charge is 0.330 e. The lowest BCUT2D eigenvalue weighted by molar-refractivity contribution is 0.460. The van der Waals surface area contributed by atoms with Crippen LogP contribution in [0.25, 0.3) is 0 Å². The number of aryl methyl sites for hydroxylation is 2. The monoisotopic (exact) mass is 177 g/mol. The van der Waals surface area contributed by atoms with Crippen molar-refractivity contribution in [2.45, 2.75) is 26.2 Å². The van der Waals surface area contributed by atoms with E-state index in [-0.39, 0.29) is 0 Å². The first-order valence-corrected chi connectivity index (χ1v) is 4.81. The third-order valence-electron chi connectivity index (χ3n) is 2.71. The molecule has 13 heavy (non-hydrogen) atoms. The van der Waals surface area contributed by atoms with Crippen LogP contribution in [0, 0.1) is 12.8 Å². The second kappa shape index (κ2) is 3.42. The molecule has 70 valence electrons. The van der Waals surface area contributed by atoms with Gasteiger partial charge in [-0.3, -0.25) is 0 Å². The van der Waals surface area contributed by atoms with Crippen molar-refractivity contribution in [2.75, 3.05) is 6.54 Å². The highest BCUT2D eigenvalue weighted by Gasteiger charge is 2.18. The number of rotatable bonds is 1. The van der Waals surface area contributed by atoms with Crippen LogP contribution >= 0.6 is 0 Å². The fourth-order valence-electron chi connectivity index (χ4n) is 1.88. The molecule has 2 rings (SSSR count). The molecule has 2 N–H and O–H groups in total. The Balaban J connectivity index is 2.26. The van der Waals surface area contributed by atoms with E-state index in [9.17, 15) is 0 Å². The smallest absolute Gasteiger partial charge is 0.125 e. The van der Waals surface area contributed by atoms with Crippen molar-refractivity contribution in [2.24, 2.45) is 11.7 Å². The van der Waals surface area contributed by atoms with Gasteiger partial charge in [-0.15, -0.1) is 0 Å². The summed E-state index contributed by atoms with van der Waals surface area (Å²) in [5.74, 6) is 1.52. The maximum atomic E-state index is 5.65. The van der Waals surface area contributed by atoms with Gasteiger partial charge in [0.25, 0.3) is 0 Å². The Morgan fingerprint density at radius 3 is 3.23 bits per heavy atom. The molecule has 1 aliphatic rings. The zero-order valence-corrected chi connectivity index (χ0v) is 7.95. The lowest BCUT2D eigenvalue weighted by Gasteiger charge is -2.22. The van der Waals surface area contributed by atoms with Crippen LogP contribution < -0.4 is 5.73 Å². The molecule has 0 saturated carbocycles. The number of nitrogens with two attached hydrogens (primary N) is 1. The Morgan fingerprint density at radius 1 is 1.62 bits per heavy atom. The van der Waals surface area contributed by atoms with Gasteiger partial charge in [-0.05, 0) is 44.2 Å². The highest BCUT2D eigenvalue weighted by atomic mass is 14.9. The van der Waals surface area contributed by atoms with Crippen molar-refractivity contribution < 1.29 is 0 Å². The van der Waals surface area contributed by atoms with Crippen molar-refractivity contribution in [1.29, 1.82) is 0 Å². The Bertz CT molecular complexity index is 309. The van der Waals surface area contributed by atoms with E-state index in [0.717, 1.165) is 25.2 Å². The Labute approximate surface area is 78.4 Å². The minimum Gasteiger partial charge on any atom is -0.330 e. The fourth-order valence-corrected chi connectivity index (χ4v) is 1.88. The van der Waals surface area contributed by atoms with Crippen molar-refractivity contribution in [3.63, 3.8) is 0 Å². The van der Waals surface area contributed by atoms with Gasteiger partial charge < -0.3 is 5.73 Å². The van der Waals surface area contributed by atoms with E-state index in [1.807, 2.05) is 13.1 Å². The zero-order valence-electron chi connectivity index (χ0n) is 7.95. The Hall–Kier alpha value is -0.960. The third-order valence-corrected chi connectivity index (χ3v) is 2.71. The predicted octanol–water partition coefficient (Wildman–Crippen LogP) is 0.849. The molecule has 0 saturated heterocycles. The summed E-state index contributed by atoms with van der Waals surface area (Å²) in [5.41, 5.74) is 8.18. The summed E-state index contributed by atoms with van der Waals surface area (Å²) in [4.78, 5) is 8.64. The van der Waals surface area contributed by atoms with Crippen LogP contribution in [0.3, 0.4) is 0 Å². The van der Waals surface area contributed by atoms with Crippen LogP contribution in [0.4, 0.5) is 0 Å². The van der Waals surface area contributed by atoms with E-state index in [4.69, 9.17) is 5.73 Å². The molecule has 3 nitrogen and oxygen atoms in total. The van der Waals surface area contributed by atoms with Gasteiger partial charge >= 0.3 is 0 Å². The average Bonchev–Trinajstić information content (AvgIpc) is 2.17. The molecule has 1 atom stereocenters. The molecule has 0 bridgehead atoms. The van der Waals surface area contributed by atoms with E-state index in [2.05, 4.69) is 9.97 Å². The highest BCUT2D eigenvalue weighted by molar-refractivity contribution is 5.21. The summed E-state index contributed by atoms with van der Waals surface area (Å²) >= 11 is 0. The molecular formula is C10H15N3. The number of hydrogen-bond acceptors (Lipinski definition) is 3. The second-order valence-electron chi connectivity index (χ2n) is 3.73. The van der Waals surface area contributed by atoms with Gasteiger partial charge in [0.15, 0.2) is 0 Å². The number of hydrogen-bond donors (Lipinski definition) is 1. The van der Waals surface area contributed by atoms with Crippen LogP contribution in [0.2, 0.25) is 0 Å². The van der Waals surface area contributed by atoms with Gasteiger partial charge in [-0.2, -0.15) is 0 Å². The van der Waals surface area contributed by atoms with Gasteiger partial charge in [0, 0.05) is 11.9 Å². The SMILES string of the molecule is Cc1ncc2c(n1)CCC(CN)C2. The standard InChI is InChI=1S/C10H15N3/c1-7-12-6-9-4-8(5-11)2-3-10(9)13-7/h6,8H,2-5,11H2,1H3. The minimum atomic E-state index is 0.638. The van der Waals surface area contributed by atoms with Crippen molar-refractivity contribution in [3.05, 3.63) is 23.3 Å². The minimum absolute atomic E-state index is 0.638. The topological polar surface area (TPSA) is 51.8 Å². The molecule has 1 aromatic heterocycles. The lowest BCUT2D eigenvalue weighted by Crippen LogP contribution is -2.23. The molecule has 1 aliphatic carbocycles. The Kier molecular flexibility index (Phi) is 2.27. The summed E-state index contributed by atoms with van der Waals surface area (Å²) in [6.07, 6.45) is 5.27. The molecule has 1 unspecified atom stereocenters. The van der Waals surface area contributed by atoms with E-state index in [0.29, 0.717) is 5.92 Å². The molecule has 1 heterocycles. The first-order valence-electron chi connectivity index (χ1n) is 4.81. The lowest BCUT2D eigenvalue weighted by atomic mass is 9.87. The molecule has 0 amide bonds. The third kappa shape index (κ3) is 1.70. The summed E-state index contributed by atoms with van der Waals surface area (Å²) < 4.78 is 0. The predicted molar refractivity (Wildman–Crippen MR) is 51.3 cm³/mol. The first-order chi connectivity index (χ1) is 6.29. The van der Waals surface area contributed by atoms with Crippen LogP contribution in [0.5, 0.6) is 0 Å². The van der Waals surface area contributed by atoms with Crippen molar-refractivity contribution in [1.82, 2.24) is 9.97 Å². The summed E-state index contributed by atoms with van der Waals surface area (Å²) in [5, 5.41) is 0. The maximum Gasteiger partial charge on any atom is 0.125 e. The van der Waals surface area contributed by atoms with E-state index in [1.165, 1.54) is 17.7 Å². The molecule has 0 spiro atoms. The van der Waals surface area contributed by atoms with Crippen molar-refractivity contribution >= 4 is 0 Å². The average molecular weight is 177 g/mol. The van der Waals surface area contributed by atoms with Gasteiger partial charge in [0.05, 0.1) is 0 Å². The van der Waals surface area contributed by atoms with Gasteiger partial charge in [-0.25, -0.2) is 9.97 Å². The first kappa shape index (κ1) is 8.63. The van der Waals surface area contributed by atoms with Gasteiger partial charge in [0.2, 0.25) is 0 Å². The zero-order chi connectivity index (χ0) is 9.26. The molecule has 0 aromatic carbocycles. The molecule has 1 aromatic rings. The van der Waals surface area contributed by atoms with Crippen LogP contribution in [0.1, 0.15) is 23.5 Å². The quantitative estimate of drug-likeness (QED) is 0.692. The molecule has 3 heteroatoms. The second-order valence-corrected chi connectivity index (χ2v) is 3.73. The number of nitrogens with zero attached hydrogens (tertiary/aromatic N) is 2. The van der Waals surface area contributed by atoms with Crippen LogP contribution in [-0.4, -0.2) is 16.5 Å². The molecule has 0 radical (unpaired) electrons.